The van der Waals surface area contributed by atoms with Crippen LogP contribution in [0, 0.1) is 12.7 Å². The van der Waals surface area contributed by atoms with Crippen LogP contribution < -0.4 is 16.6 Å². The minimum Gasteiger partial charge on any atom is -0.463 e. The van der Waals surface area contributed by atoms with Crippen molar-refractivity contribution in [3.63, 3.8) is 0 Å². The van der Waals surface area contributed by atoms with Gasteiger partial charge in [0.1, 0.15) is 17.2 Å². The molecular formula is C16H14FN3O3. The number of anilines is 2. The Balaban J connectivity index is 2.27. The van der Waals surface area contributed by atoms with E-state index in [2.05, 4.69) is 5.32 Å². The highest BCUT2D eigenvalue weighted by Crippen LogP contribution is 2.27. The third-order valence-electron chi connectivity index (χ3n) is 3.62. The molecule has 0 bridgehead atoms. The van der Waals surface area contributed by atoms with E-state index in [4.69, 9.17) is 10.2 Å². The number of rotatable bonds is 3. The minimum atomic E-state index is -0.782. The molecule has 23 heavy (non-hydrogen) atoms. The zero-order chi connectivity index (χ0) is 16.7. The third-order valence-corrected chi connectivity index (χ3v) is 3.62. The molecule has 0 spiro atoms. The molecule has 0 aliphatic rings. The molecule has 1 aromatic carbocycles. The normalized spacial score (nSPS) is 10.9. The van der Waals surface area contributed by atoms with E-state index in [0.717, 1.165) is 5.56 Å². The fraction of sp³-hybridized carbons (Fsp3) is 0.125. The van der Waals surface area contributed by atoms with Gasteiger partial charge >= 0.3 is 0 Å². The highest BCUT2D eigenvalue weighted by molar-refractivity contribution is 6.08. The molecule has 0 unspecified atom stereocenters. The molecule has 6 nitrogen and oxygen atoms in total. The second kappa shape index (κ2) is 5.28. The average Bonchev–Trinajstić information content (AvgIpc) is 2.96. The van der Waals surface area contributed by atoms with E-state index in [-0.39, 0.29) is 33.6 Å². The van der Waals surface area contributed by atoms with Crippen LogP contribution in [0.1, 0.15) is 15.9 Å². The summed E-state index contributed by atoms with van der Waals surface area (Å²) in [5.74, 6) is -1.21. The Kier molecular flexibility index (Phi) is 3.40. The fourth-order valence-electron chi connectivity index (χ4n) is 2.45. The summed E-state index contributed by atoms with van der Waals surface area (Å²) in [4.78, 5) is 24.2. The highest BCUT2D eigenvalue weighted by Gasteiger charge is 2.22. The Hall–Kier alpha value is -3.09. The van der Waals surface area contributed by atoms with Gasteiger partial charge in [-0.25, -0.2) is 4.39 Å². The lowest BCUT2D eigenvalue weighted by molar-refractivity contribution is 0.100. The first-order chi connectivity index (χ1) is 10.9. The van der Waals surface area contributed by atoms with E-state index in [1.165, 1.54) is 36.1 Å². The maximum atomic E-state index is 14.1. The highest BCUT2D eigenvalue weighted by atomic mass is 19.1. The van der Waals surface area contributed by atoms with E-state index in [9.17, 15) is 14.0 Å². The lowest BCUT2D eigenvalue weighted by Gasteiger charge is -2.15. The summed E-state index contributed by atoms with van der Waals surface area (Å²) in [7, 11) is 1.47. The lowest BCUT2D eigenvalue weighted by Crippen LogP contribution is -2.25. The number of amides is 1. The third kappa shape index (κ3) is 2.36. The molecule has 0 saturated heterocycles. The molecule has 2 heterocycles. The first kappa shape index (κ1) is 14.8. The molecule has 2 aromatic heterocycles. The van der Waals surface area contributed by atoms with Gasteiger partial charge in [0, 0.05) is 7.05 Å². The van der Waals surface area contributed by atoms with Gasteiger partial charge in [-0.05, 0) is 30.7 Å². The van der Waals surface area contributed by atoms with Crippen molar-refractivity contribution >= 4 is 28.4 Å². The van der Waals surface area contributed by atoms with Crippen LogP contribution in [-0.4, -0.2) is 10.5 Å². The van der Waals surface area contributed by atoms with Crippen LogP contribution in [0.2, 0.25) is 0 Å². The molecule has 3 N–H and O–H groups in total. The molecule has 0 fully saturated rings. The number of pyridine rings is 1. The quantitative estimate of drug-likeness (QED) is 0.776. The number of fused-ring (bicyclic) bond motifs is 1. The van der Waals surface area contributed by atoms with Crippen LogP contribution in [0.25, 0.3) is 11.0 Å². The monoisotopic (exact) mass is 315 g/mol. The molecule has 0 radical (unpaired) electrons. The number of nitrogens with one attached hydrogen (secondary N) is 1. The predicted molar refractivity (Wildman–Crippen MR) is 84.4 cm³/mol. The van der Waals surface area contributed by atoms with Crippen LogP contribution in [0.3, 0.4) is 0 Å². The van der Waals surface area contributed by atoms with Crippen LogP contribution in [0.15, 0.2) is 39.7 Å². The average molecular weight is 315 g/mol. The lowest BCUT2D eigenvalue weighted by atomic mass is 10.1. The number of aromatic nitrogens is 1. The van der Waals surface area contributed by atoms with E-state index < -0.39 is 11.7 Å². The second-order valence-corrected chi connectivity index (χ2v) is 5.22. The van der Waals surface area contributed by atoms with Gasteiger partial charge < -0.3 is 15.5 Å². The predicted octanol–water partition coefficient (Wildman–Crippen LogP) is 2.42. The first-order valence-electron chi connectivity index (χ1n) is 6.83. The summed E-state index contributed by atoms with van der Waals surface area (Å²) in [5, 5.41) is 3.00. The number of carbonyl (C=O) groups excluding carboxylic acids is 1. The van der Waals surface area contributed by atoms with Crippen molar-refractivity contribution in [2.45, 2.75) is 6.92 Å². The summed E-state index contributed by atoms with van der Waals surface area (Å²) in [5.41, 5.74) is 5.99. The van der Waals surface area contributed by atoms with Crippen LogP contribution in [0.4, 0.5) is 15.9 Å². The molecule has 3 aromatic rings. The molecule has 0 atom stereocenters. The van der Waals surface area contributed by atoms with E-state index in [1.54, 1.807) is 13.0 Å². The molecule has 3 rings (SSSR count). The van der Waals surface area contributed by atoms with Gasteiger partial charge in [0.2, 0.25) is 0 Å². The minimum absolute atomic E-state index is 0.00734. The number of primary amides is 1. The van der Waals surface area contributed by atoms with E-state index in [1.807, 2.05) is 0 Å². The Labute approximate surface area is 130 Å². The van der Waals surface area contributed by atoms with Gasteiger partial charge in [-0.1, -0.05) is 6.07 Å². The van der Waals surface area contributed by atoms with Gasteiger partial charge in [-0.3, -0.25) is 14.2 Å². The van der Waals surface area contributed by atoms with Crippen molar-refractivity contribution in [3.05, 3.63) is 57.8 Å². The van der Waals surface area contributed by atoms with Crippen molar-refractivity contribution < 1.29 is 13.6 Å². The number of benzene rings is 1. The Bertz CT molecular complexity index is 988. The maximum Gasteiger partial charge on any atom is 0.263 e. The van der Waals surface area contributed by atoms with E-state index in [0.29, 0.717) is 0 Å². The Morgan fingerprint density at radius 3 is 2.74 bits per heavy atom. The number of carbonyl (C=O) groups is 1. The van der Waals surface area contributed by atoms with Crippen molar-refractivity contribution in [2.75, 3.05) is 5.32 Å². The van der Waals surface area contributed by atoms with Crippen molar-refractivity contribution in [1.29, 1.82) is 0 Å². The fourth-order valence-corrected chi connectivity index (χ4v) is 2.45. The summed E-state index contributed by atoms with van der Waals surface area (Å²) >= 11 is 0. The second-order valence-electron chi connectivity index (χ2n) is 5.22. The van der Waals surface area contributed by atoms with Gasteiger partial charge in [-0.2, -0.15) is 0 Å². The molecule has 118 valence electrons. The smallest absolute Gasteiger partial charge is 0.263 e. The molecular weight excluding hydrogens is 301 g/mol. The van der Waals surface area contributed by atoms with Crippen molar-refractivity contribution in [2.24, 2.45) is 12.8 Å². The number of furan rings is 1. The largest absolute Gasteiger partial charge is 0.463 e. The summed E-state index contributed by atoms with van der Waals surface area (Å²) in [6.07, 6.45) is 1.30. The molecule has 7 heteroatoms. The number of nitrogens with zero attached hydrogens (tertiary/aromatic N) is 1. The molecule has 0 aliphatic carbocycles. The van der Waals surface area contributed by atoms with Gasteiger partial charge in [0.25, 0.3) is 11.5 Å². The Morgan fingerprint density at radius 2 is 2.09 bits per heavy atom. The summed E-state index contributed by atoms with van der Waals surface area (Å²) in [6, 6.07) is 6.03. The van der Waals surface area contributed by atoms with Crippen LogP contribution >= 0.6 is 0 Å². The first-order valence-corrected chi connectivity index (χ1v) is 6.83. The molecule has 0 aliphatic heterocycles. The molecule has 0 saturated carbocycles. The summed E-state index contributed by atoms with van der Waals surface area (Å²) in [6.45, 7) is 1.76. The van der Waals surface area contributed by atoms with Gasteiger partial charge in [0.05, 0.1) is 17.3 Å². The number of hydrogen-bond donors (Lipinski definition) is 2. The number of nitrogens with two attached hydrogens (primary N) is 1. The zero-order valence-electron chi connectivity index (χ0n) is 12.5. The van der Waals surface area contributed by atoms with Gasteiger partial charge in [0.15, 0.2) is 5.58 Å². The number of halogens is 1. The number of hydrogen-bond acceptors (Lipinski definition) is 4. The Morgan fingerprint density at radius 1 is 1.35 bits per heavy atom. The standard InChI is InChI=1S/C16H14FN3O3/c1-8-3-4-11(10(17)7-8)19-15-12(14(18)21)13-9(5-6-23-13)16(22)20(15)2/h3-7,19H,1-2H3,(H2,18,21). The van der Waals surface area contributed by atoms with Crippen molar-refractivity contribution in [1.82, 2.24) is 4.57 Å². The van der Waals surface area contributed by atoms with Crippen molar-refractivity contribution in [3.8, 4) is 0 Å². The molecule has 1 amide bonds. The topological polar surface area (TPSA) is 90.3 Å². The van der Waals surface area contributed by atoms with Gasteiger partial charge in [-0.15, -0.1) is 0 Å². The van der Waals surface area contributed by atoms with Crippen LogP contribution in [0.5, 0.6) is 0 Å². The van der Waals surface area contributed by atoms with Crippen LogP contribution in [-0.2, 0) is 7.05 Å². The van der Waals surface area contributed by atoms with E-state index >= 15 is 0 Å². The SMILES string of the molecule is Cc1ccc(Nc2c(C(N)=O)c3occc3c(=O)n2C)c(F)c1. The maximum absolute atomic E-state index is 14.1. The zero-order valence-corrected chi connectivity index (χ0v) is 12.5. The number of aryl methyl sites for hydroxylation is 1. The summed E-state index contributed by atoms with van der Waals surface area (Å²) < 4.78 is 20.5.